The quantitative estimate of drug-likeness (QED) is 0.883. The number of hydrogen-bond donors (Lipinski definition) is 1. The van der Waals surface area contributed by atoms with Gasteiger partial charge in [-0.25, -0.2) is 0 Å². The molecule has 1 amide bonds. The maximum absolute atomic E-state index is 12.5. The van der Waals surface area contributed by atoms with E-state index in [4.69, 9.17) is 4.74 Å². The molecule has 0 radical (unpaired) electrons. The summed E-state index contributed by atoms with van der Waals surface area (Å²) >= 11 is 0. The molecule has 0 unspecified atom stereocenters. The zero-order chi connectivity index (χ0) is 17.7. The van der Waals surface area contributed by atoms with E-state index in [1.54, 1.807) is 18.2 Å². The molecule has 1 heterocycles. The topological polar surface area (TPSA) is 41.6 Å². The molecule has 0 aromatic heterocycles. The highest BCUT2D eigenvalue weighted by atomic mass is 19.4. The van der Waals surface area contributed by atoms with Gasteiger partial charge in [0.1, 0.15) is 5.75 Å². The molecule has 7 heteroatoms. The van der Waals surface area contributed by atoms with Gasteiger partial charge >= 0.3 is 6.18 Å². The van der Waals surface area contributed by atoms with Gasteiger partial charge in [-0.2, -0.15) is 13.2 Å². The number of carbonyl (C=O) groups is 1. The molecule has 1 N–H and O–H groups in total. The first-order valence-electron chi connectivity index (χ1n) is 8.11. The predicted octanol–water partition coefficient (Wildman–Crippen LogP) is 3.83. The summed E-state index contributed by atoms with van der Waals surface area (Å²) < 4.78 is 41.7. The number of halogens is 3. The maximum atomic E-state index is 12.5. The summed E-state index contributed by atoms with van der Waals surface area (Å²) in [6.07, 6.45) is -1.35. The zero-order valence-electron chi connectivity index (χ0n) is 13.9. The normalized spacial score (nSPS) is 21.5. The molecular weight excluding hydrogens is 321 g/mol. The minimum absolute atomic E-state index is 0.0288. The Bertz CT molecular complexity index is 553. The van der Waals surface area contributed by atoms with Crippen molar-refractivity contribution in [2.24, 2.45) is 0 Å². The number of amides is 1. The van der Waals surface area contributed by atoms with Crippen LogP contribution >= 0.6 is 0 Å². The van der Waals surface area contributed by atoms with E-state index in [-0.39, 0.29) is 30.3 Å². The highest BCUT2D eigenvalue weighted by Crippen LogP contribution is 2.27. The van der Waals surface area contributed by atoms with Gasteiger partial charge < -0.3 is 15.0 Å². The third-order valence-corrected chi connectivity index (χ3v) is 4.19. The molecule has 134 valence electrons. The first-order valence-corrected chi connectivity index (χ1v) is 8.11. The first kappa shape index (κ1) is 18.4. The van der Waals surface area contributed by atoms with Gasteiger partial charge in [-0.1, -0.05) is 12.1 Å². The van der Waals surface area contributed by atoms with Crippen molar-refractivity contribution in [3.8, 4) is 5.75 Å². The Morgan fingerprint density at radius 1 is 1.25 bits per heavy atom. The lowest BCUT2D eigenvalue weighted by Gasteiger charge is -2.39. The van der Waals surface area contributed by atoms with Crippen LogP contribution < -0.4 is 10.1 Å². The van der Waals surface area contributed by atoms with E-state index in [9.17, 15) is 18.0 Å². The van der Waals surface area contributed by atoms with Crippen LogP contribution in [0.3, 0.4) is 0 Å². The van der Waals surface area contributed by atoms with Crippen molar-refractivity contribution in [3.05, 3.63) is 24.3 Å². The number of nitrogens with one attached hydrogen (secondary N) is 1. The number of benzene rings is 1. The Labute approximate surface area is 140 Å². The number of anilines is 1. The monoisotopic (exact) mass is 344 g/mol. The van der Waals surface area contributed by atoms with Crippen LogP contribution in [-0.2, 0) is 4.79 Å². The van der Waals surface area contributed by atoms with E-state index in [0.29, 0.717) is 5.69 Å². The van der Waals surface area contributed by atoms with Crippen LogP contribution in [0.5, 0.6) is 5.75 Å². The molecular formula is C17H23F3N2O2. The summed E-state index contributed by atoms with van der Waals surface area (Å²) in [6.45, 7) is 2.71. The van der Waals surface area contributed by atoms with Crippen molar-refractivity contribution in [2.75, 3.05) is 18.5 Å². The van der Waals surface area contributed by atoms with Crippen LogP contribution in [0.15, 0.2) is 24.3 Å². The lowest BCUT2D eigenvalue weighted by atomic mass is 9.97. The Morgan fingerprint density at radius 2 is 1.88 bits per heavy atom. The number of piperidine rings is 1. The Hall–Kier alpha value is -1.92. The van der Waals surface area contributed by atoms with Crippen LogP contribution in [0.4, 0.5) is 18.9 Å². The van der Waals surface area contributed by atoms with Crippen LogP contribution in [0.2, 0.25) is 0 Å². The van der Waals surface area contributed by atoms with Crippen molar-refractivity contribution in [2.45, 2.75) is 51.4 Å². The molecule has 1 fully saturated rings. The van der Waals surface area contributed by atoms with Crippen LogP contribution in [0, 0.1) is 0 Å². The van der Waals surface area contributed by atoms with Crippen LogP contribution in [-0.4, -0.2) is 42.2 Å². The van der Waals surface area contributed by atoms with Crippen LogP contribution in [0.1, 0.15) is 33.1 Å². The number of likely N-dealkylation sites (tertiary alicyclic amines) is 1. The molecule has 4 nitrogen and oxygen atoms in total. The molecule has 1 saturated heterocycles. The number of hydrogen-bond acceptors (Lipinski definition) is 3. The fourth-order valence-corrected chi connectivity index (χ4v) is 3.07. The molecule has 1 aromatic carbocycles. The number of nitrogens with zero attached hydrogens (tertiary/aromatic N) is 1. The van der Waals surface area contributed by atoms with Crippen molar-refractivity contribution in [1.29, 1.82) is 0 Å². The largest absolute Gasteiger partial charge is 0.482 e. The van der Waals surface area contributed by atoms with Crippen molar-refractivity contribution >= 4 is 11.6 Å². The number of para-hydroxylation sites is 2. The highest BCUT2D eigenvalue weighted by molar-refractivity contribution is 5.82. The smallest absolute Gasteiger partial charge is 0.422 e. The number of carbonyl (C=O) groups excluding carboxylic acids is 1. The Morgan fingerprint density at radius 3 is 2.50 bits per heavy atom. The van der Waals surface area contributed by atoms with E-state index in [0.717, 1.165) is 19.3 Å². The van der Waals surface area contributed by atoms with Crippen LogP contribution in [0.25, 0.3) is 0 Å². The lowest BCUT2D eigenvalue weighted by molar-refractivity contribution is -0.153. The van der Waals surface area contributed by atoms with E-state index in [1.807, 2.05) is 18.7 Å². The summed E-state index contributed by atoms with van der Waals surface area (Å²) in [6, 6.07) is 6.68. The molecule has 2 atom stereocenters. The van der Waals surface area contributed by atoms with Gasteiger partial charge in [-0.15, -0.1) is 0 Å². The fraction of sp³-hybridized carbons (Fsp3) is 0.588. The minimum Gasteiger partial charge on any atom is -0.482 e. The minimum atomic E-state index is -4.40. The van der Waals surface area contributed by atoms with Gasteiger partial charge in [0.25, 0.3) is 0 Å². The average molecular weight is 344 g/mol. The average Bonchev–Trinajstić information content (AvgIpc) is 2.50. The molecule has 0 aliphatic carbocycles. The van der Waals surface area contributed by atoms with Crippen molar-refractivity contribution < 1.29 is 22.7 Å². The van der Waals surface area contributed by atoms with Crippen molar-refractivity contribution in [3.63, 3.8) is 0 Å². The van der Waals surface area contributed by atoms with E-state index >= 15 is 0 Å². The zero-order valence-corrected chi connectivity index (χ0v) is 13.9. The lowest BCUT2D eigenvalue weighted by Crippen LogP contribution is -2.49. The summed E-state index contributed by atoms with van der Waals surface area (Å²) in [7, 11) is 0. The second-order valence-corrected chi connectivity index (χ2v) is 6.18. The SMILES string of the molecule is C[C@@H]1CCC[C@H](C)N1C(=O)CNc1ccccc1OCC(F)(F)F. The Balaban J connectivity index is 1.97. The number of alkyl halides is 3. The fourth-order valence-electron chi connectivity index (χ4n) is 3.07. The maximum Gasteiger partial charge on any atom is 0.422 e. The molecule has 2 rings (SSSR count). The molecule has 0 spiro atoms. The molecule has 0 bridgehead atoms. The summed E-state index contributed by atoms with van der Waals surface area (Å²) in [5, 5.41) is 2.90. The van der Waals surface area contributed by atoms with Gasteiger partial charge in [0.2, 0.25) is 5.91 Å². The van der Waals surface area contributed by atoms with E-state index in [1.165, 1.54) is 6.07 Å². The number of ether oxygens (including phenoxy) is 1. The standard InChI is InChI=1S/C17H23F3N2O2/c1-12-6-5-7-13(2)22(12)16(23)10-21-14-8-3-4-9-15(14)24-11-17(18,19)20/h3-4,8-9,12-13,21H,5-7,10-11H2,1-2H3/t12-,13+. The summed E-state index contributed by atoms with van der Waals surface area (Å²) in [5.41, 5.74) is 0.382. The van der Waals surface area contributed by atoms with E-state index < -0.39 is 12.8 Å². The molecule has 1 aromatic rings. The van der Waals surface area contributed by atoms with Gasteiger partial charge in [0.05, 0.1) is 12.2 Å². The van der Waals surface area contributed by atoms with E-state index in [2.05, 4.69) is 5.32 Å². The molecule has 1 aliphatic heterocycles. The van der Waals surface area contributed by atoms with Gasteiger partial charge in [0, 0.05) is 12.1 Å². The molecule has 1 aliphatic rings. The second kappa shape index (κ2) is 7.77. The third-order valence-electron chi connectivity index (χ3n) is 4.19. The second-order valence-electron chi connectivity index (χ2n) is 6.18. The van der Waals surface area contributed by atoms with Gasteiger partial charge in [0.15, 0.2) is 6.61 Å². The number of rotatable bonds is 5. The molecule has 24 heavy (non-hydrogen) atoms. The van der Waals surface area contributed by atoms with Crippen molar-refractivity contribution in [1.82, 2.24) is 4.90 Å². The third kappa shape index (κ3) is 5.04. The van der Waals surface area contributed by atoms with Gasteiger partial charge in [-0.3, -0.25) is 4.79 Å². The predicted molar refractivity (Wildman–Crippen MR) is 86.1 cm³/mol. The first-order chi connectivity index (χ1) is 11.3. The summed E-state index contributed by atoms with van der Waals surface area (Å²) in [4.78, 5) is 14.3. The molecule has 0 saturated carbocycles. The highest BCUT2D eigenvalue weighted by Gasteiger charge is 2.30. The Kier molecular flexibility index (Phi) is 5.96. The van der Waals surface area contributed by atoms with Gasteiger partial charge in [-0.05, 0) is 45.2 Å². The summed E-state index contributed by atoms with van der Waals surface area (Å²) in [5.74, 6) is 0.0303.